The monoisotopic (exact) mass is 365 g/mol. The van der Waals surface area contributed by atoms with Crippen LogP contribution < -0.4 is 5.56 Å². The third kappa shape index (κ3) is 2.93. The number of pyridine rings is 1. The van der Waals surface area contributed by atoms with E-state index in [2.05, 4.69) is 10.1 Å². The van der Waals surface area contributed by atoms with E-state index in [0.29, 0.717) is 27.5 Å². The van der Waals surface area contributed by atoms with Crippen molar-refractivity contribution < 1.29 is 4.39 Å². The summed E-state index contributed by atoms with van der Waals surface area (Å²) in [4.78, 5) is 17.1. The van der Waals surface area contributed by atoms with Gasteiger partial charge in [0.15, 0.2) is 0 Å². The Morgan fingerprint density at radius 3 is 2.19 bits per heavy atom. The molecule has 0 radical (unpaired) electrons. The van der Waals surface area contributed by atoms with Crippen molar-refractivity contribution in [3.05, 3.63) is 94.3 Å². The van der Waals surface area contributed by atoms with E-state index in [9.17, 15) is 9.18 Å². The van der Waals surface area contributed by atoms with Gasteiger partial charge in [-0.15, -0.1) is 0 Å². The highest BCUT2D eigenvalue weighted by molar-refractivity contribution is 6.30. The number of hydrogen-bond acceptors (Lipinski definition) is 2. The highest BCUT2D eigenvalue weighted by Gasteiger charge is 2.18. The molecule has 1 N–H and O–H groups in total. The van der Waals surface area contributed by atoms with Crippen molar-refractivity contribution in [3.63, 3.8) is 0 Å². The van der Waals surface area contributed by atoms with Gasteiger partial charge in [0.1, 0.15) is 5.82 Å². The van der Waals surface area contributed by atoms with Gasteiger partial charge in [0.05, 0.1) is 16.9 Å². The van der Waals surface area contributed by atoms with Gasteiger partial charge in [-0.05, 0) is 54.1 Å². The number of aromatic nitrogens is 3. The van der Waals surface area contributed by atoms with Gasteiger partial charge in [-0.2, -0.15) is 0 Å². The Morgan fingerprint density at radius 2 is 1.54 bits per heavy atom. The molecule has 2 heterocycles. The number of aromatic amines is 1. The Kier molecular flexibility index (Phi) is 4.14. The molecule has 0 saturated carbocycles. The molecule has 0 aliphatic heterocycles. The Balaban J connectivity index is 1.97. The zero-order valence-corrected chi connectivity index (χ0v) is 14.2. The second-order valence-corrected chi connectivity index (χ2v) is 6.16. The Bertz CT molecular complexity index is 1100. The van der Waals surface area contributed by atoms with Crippen LogP contribution in [-0.2, 0) is 0 Å². The molecule has 0 fully saturated rings. The van der Waals surface area contributed by atoms with Crippen LogP contribution in [-0.4, -0.2) is 14.8 Å². The first-order valence-corrected chi connectivity index (χ1v) is 8.28. The highest BCUT2D eigenvalue weighted by atomic mass is 35.5. The minimum Gasteiger partial charge on any atom is -0.290 e. The minimum atomic E-state index is -0.354. The second kappa shape index (κ2) is 6.61. The standard InChI is InChI=1S/C20H13ClFN3O/c21-15-3-7-17(8-4-15)25-20(26)18(13-1-5-16(22)6-2-13)19(24-25)14-9-11-23-12-10-14/h1-12,24H. The molecule has 0 unspecified atom stereocenters. The van der Waals surface area contributed by atoms with Crippen molar-refractivity contribution in [1.29, 1.82) is 0 Å². The molecular formula is C20H13ClFN3O. The number of nitrogens with one attached hydrogen (secondary N) is 1. The zero-order chi connectivity index (χ0) is 18.1. The molecule has 4 nitrogen and oxygen atoms in total. The molecule has 0 aliphatic rings. The Labute approximate surface area is 153 Å². The number of rotatable bonds is 3. The molecule has 4 aromatic rings. The molecule has 0 spiro atoms. The molecule has 4 rings (SSSR count). The van der Waals surface area contributed by atoms with E-state index in [4.69, 9.17) is 11.6 Å². The summed E-state index contributed by atoms with van der Waals surface area (Å²) in [6.45, 7) is 0. The van der Waals surface area contributed by atoms with Gasteiger partial charge >= 0.3 is 0 Å². The van der Waals surface area contributed by atoms with Crippen molar-refractivity contribution >= 4 is 11.6 Å². The summed E-state index contributed by atoms with van der Waals surface area (Å²) >= 11 is 5.94. The lowest BCUT2D eigenvalue weighted by Gasteiger charge is -2.03. The van der Waals surface area contributed by atoms with Gasteiger partial charge in [-0.1, -0.05) is 23.7 Å². The average Bonchev–Trinajstić information content (AvgIpc) is 3.01. The van der Waals surface area contributed by atoms with Crippen molar-refractivity contribution in [1.82, 2.24) is 14.8 Å². The number of halogens is 2. The number of H-pyrrole nitrogens is 1. The third-order valence-electron chi connectivity index (χ3n) is 4.08. The zero-order valence-electron chi connectivity index (χ0n) is 13.5. The maximum Gasteiger partial charge on any atom is 0.279 e. The van der Waals surface area contributed by atoms with Gasteiger partial charge in [0.2, 0.25) is 0 Å². The van der Waals surface area contributed by atoms with Crippen molar-refractivity contribution in [3.8, 4) is 28.1 Å². The Hall–Kier alpha value is -3.18. The molecule has 0 saturated heterocycles. The maximum atomic E-state index is 13.3. The van der Waals surface area contributed by atoms with E-state index in [1.165, 1.54) is 16.8 Å². The summed E-state index contributed by atoms with van der Waals surface area (Å²) < 4.78 is 14.8. The highest BCUT2D eigenvalue weighted by Crippen LogP contribution is 2.28. The van der Waals surface area contributed by atoms with Gasteiger partial charge < -0.3 is 0 Å². The predicted octanol–water partition coefficient (Wildman–Crippen LogP) is 4.69. The van der Waals surface area contributed by atoms with Crippen LogP contribution in [0.15, 0.2) is 77.9 Å². The van der Waals surface area contributed by atoms with Gasteiger partial charge in [-0.3, -0.25) is 14.9 Å². The van der Waals surface area contributed by atoms with E-state index in [1.807, 2.05) is 12.1 Å². The molecule has 0 amide bonds. The van der Waals surface area contributed by atoms with Gasteiger partial charge in [0, 0.05) is 23.0 Å². The normalized spacial score (nSPS) is 10.8. The summed E-state index contributed by atoms with van der Waals surface area (Å²) in [5, 5.41) is 3.74. The van der Waals surface area contributed by atoms with E-state index in [1.54, 1.807) is 48.8 Å². The predicted molar refractivity (Wildman–Crippen MR) is 100 cm³/mol. The van der Waals surface area contributed by atoms with Crippen LogP contribution in [0.5, 0.6) is 0 Å². The van der Waals surface area contributed by atoms with Crippen molar-refractivity contribution in [2.24, 2.45) is 0 Å². The second-order valence-electron chi connectivity index (χ2n) is 5.72. The fourth-order valence-electron chi connectivity index (χ4n) is 2.82. The lowest BCUT2D eigenvalue weighted by molar-refractivity contribution is 0.628. The third-order valence-corrected chi connectivity index (χ3v) is 4.33. The summed E-state index contributed by atoms with van der Waals surface area (Å²) in [5.74, 6) is -0.354. The van der Waals surface area contributed by atoms with Crippen molar-refractivity contribution in [2.75, 3.05) is 0 Å². The fourth-order valence-corrected chi connectivity index (χ4v) is 2.95. The fraction of sp³-hybridized carbons (Fsp3) is 0. The van der Waals surface area contributed by atoms with Crippen molar-refractivity contribution in [2.45, 2.75) is 0 Å². The van der Waals surface area contributed by atoms with E-state index in [-0.39, 0.29) is 11.4 Å². The molecule has 26 heavy (non-hydrogen) atoms. The summed E-state index contributed by atoms with van der Waals surface area (Å²) in [6, 6.07) is 16.4. The maximum absolute atomic E-state index is 13.3. The lowest BCUT2D eigenvalue weighted by Crippen LogP contribution is -2.15. The van der Waals surface area contributed by atoms with Crippen LogP contribution in [0.25, 0.3) is 28.1 Å². The van der Waals surface area contributed by atoms with Crippen LogP contribution in [0.3, 0.4) is 0 Å². The molecule has 2 aromatic carbocycles. The number of hydrogen-bond donors (Lipinski definition) is 1. The van der Waals surface area contributed by atoms with Crippen LogP contribution in [0.2, 0.25) is 5.02 Å². The minimum absolute atomic E-state index is 0.231. The first-order valence-electron chi connectivity index (χ1n) is 7.91. The summed E-state index contributed by atoms with van der Waals surface area (Å²) in [6.07, 6.45) is 3.31. The van der Waals surface area contributed by atoms with Crippen LogP contribution >= 0.6 is 11.6 Å². The summed E-state index contributed by atoms with van der Waals surface area (Å²) in [7, 11) is 0. The Morgan fingerprint density at radius 1 is 0.885 bits per heavy atom. The molecule has 0 atom stereocenters. The summed E-state index contributed by atoms with van der Waals surface area (Å²) in [5.41, 5.74) is 2.97. The SMILES string of the molecule is O=c1c(-c2ccc(F)cc2)c(-c2ccncc2)[nH]n1-c1ccc(Cl)cc1. The molecular weight excluding hydrogens is 353 g/mol. The van der Waals surface area contributed by atoms with E-state index in [0.717, 1.165) is 5.56 Å². The largest absolute Gasteiger partial charge is 0.290 e. The number of nitrogens with zero attached hydrogens (tertiary/aromatic N) is 2. The quantitative estimate of drug-likeness (QED) is 0.572. The van der Waals surface area contributed by atoms with Gasteiger partial charge in [0.25, 0.3) is 5.56 Å². The number of benzene rings is 2. The molecule has 0 bridgehead atoms. The van der Waals surface area contributed by atoms with E-state index < -0.39 is 0 Å². The topological polar surface area (TPSA) is 50.7 Å². The molecule has 0 aliphatic carbocycles. The molecule has 6 heteroatoms. The smallest absolute Gasteiger partial charge is 0.279 e. The average molecular weight is 366 g/mol. The van der Waals surface area contributed by atoms with Crippen LogP contribution in [0.1, 0.15) is 0 Å². The lowest BCUT2D eigenvalue weighted by atomic mass is 10.0. The van der Waals surface area contributed by atoms with E-state index >= 15 is 0 Å². The van der Waals surface area contributed by atoms with Crippen LogP contribution in [0.4, 0.5) is 4.39 Å². The first kappa shape index (κ1) is 16.3. The molecule has 128 valence electrons. The van der Waals surface area contributed by atoms with Gasteiger partial charge in [-0.25, -0.2) is 9.07 Å². The first-order chi connectivity index (χ1) is 12.6. The molecule has 2 aromatic heterocycles. The van der Waals surface area contributed by atoms with Crippen LogP contribution in [0, 0.1) is 5.82 Å².